The molecule has 0 bridgehead atoms. The highest BCUT2D eigenvalue weighted by Crippen LogP contribution is 2.38. The van der Waals surface area contributed by atoms with Gasteiger partial charge in [0.1, 0.15) is 11.2 Å². The molecule has 2 heterocycles. The van der Waals surface area contributed by atoms with Crippen molar-refractivity contribution in [1.29, 1.82) is 0 Å². The zero-order valence-electron chi connectivity index (χ0n) is 12.3. The summed E-state index contributed by atoms with van der Waals surface area (Å²) in [6.45, 7) is 2.14. The molecule has 1 aromatic carbocycles. The molecule has 2 aromatic rings. The molecule has 3 N–H and O–H groups in total. The van der Waals surface area contributed by atoms with Crippen LogP contribution in [0.1, 0.15) is 35.5 Å². The van der Waals surface area contributed by atoms with Gasteiger partial charge in [-0.05, 0) is 47.7 Å². The van der Waals surface area contributed by atoms with Crippen LogP contribution in [-0.2, 0) is 6.42 Å². The summed E-state index contributed by atoms with van der Waals surface area (Å²) in [5.74, 6) is -0.304. The van der Waals surface area contributed by atoms with E-state index in [0.29, 0.717) is 11.3 Å². The van der Waals surface area contributed by atoms with Crippen LogP contribution in [0.5, 0.6) is 0 Å². The Morgan fingerprint density at radius 1 is 1.32 bits per heavy atom. The van der Waals surface area contributed by atoms with E-state index in [0.717, 1.165) is 29.8 Å². The van der Waals surface area contributed by atoms with E-state index in [2.05, 4.69) is 23.3 Å². The van der Waals surface area contributed by atoms with Crippen LogP contribution in [0.15, 0.2) is 41.9 Å². The van der Waals surface area contributed by atoms with Gasteiger partial charge in [-0.1, -0.05) is 13.3 Å². The Kier molecular flexibility index (Phi) is 4.34. The van der Waals surface area contributed by atoms with E-state index in [1.165, 1.54) is 6.07 Å². The Morgan fingerprint density at radius 3 is 2.95 bits per heavy atom. The molecule has 3 nitrogen and oxygen atoms in total. The Morgan fingerprint density at radius 2 is 2.18 bits per heavy atom. The minimum Gasteiger partial charge on any atom is -0.399 e. The number of anilines is 1. The van der Waals surface area contributed by atoms with Crippen LogP contribution in [0.3, 0.4) is 0 Å². The van der Waals surface area contributed by atoms with Crippen LogP contribution in [0.25, 0.3) is 5.70 Å². The summed E-state index contributed by atoms with van der Waals surface area (Å²) in [4.78, 5) is 4.37. The van der Waals surface area contributed by atoms with Crippen molar-refractivity contribution in [2.75, 3.05) is 5.73 Å². The first-order chi connectivity index (χ1) is 10.7. The third kappa shape index (κ3) is 3.09. The molecule has 1 aliphatic rings. The lowest BCUT2D eigenvalue weighted by atomic mass is 10.1. The Bertz CT molecular complexity index is 715. The number of pyridine rings is 1. The standard InChI is InChI=1S/C17H18FN3S/c1-2-3-13-8-11(6-7-20-13)17-21-16(10-22-17)14-5-4-12(19)9-15(14)18/h4-10,17,21H,2-3,19H2,1H3. The third-order valence-corrected chi connectivity index (χ3v) is 4.58. The minimum atomic E-state index is -0.304. The van der Waals surface area contributed by atoms with Gasteiger partial charge in [0.15, 0.2) is 0 Å². The monoisotopic (exact) mass is 315 g/mol. The van der Waals surface area contributed by atoms with Gasteiger partial charge in [0, 0.05) is 23.1 Å². The van der Waals surface area contributed by atoms with Gasteiger partial charge >= 0.3 is 0 Å². The number of aromatic nitrogens is 1. The molecule has 0 aliphatic carbocycles. The lowest BCUT2D eigenvalue weighted by molar-refractivity contribution is 0.622. The molecule has 0 saturated heterocycles. The van der Waals surface area contributed by atoms with Crippen molar-refractivity contribution in [2.45, 2.75) is 25.1 Å². The molecule has 5 heteroatoms. The first-order valence-corrected chi connectivity index (χ1v) is 8.24. The molecule has 0 spiro atoms. The fourth-order valence-electron chi connectivity index (χ4n) is 2.45. The maximum Gasteiger partial charge on any atom is 0.134 e. The van der Waals surface area contributed by atoms with Crippen molar-refractivity contribution < 1.29 is 4.39 Å². The van der Waals surface area contributed by atoms with E-state index in [-0.39, 0.29) is 11.2 Å². The van der Waals surface area contributed by atoms with Crippen molar-refractivity contribution in [1.82, 2.24) is 10.3 Å². The largest absolute Gasteiger partial charge is 0.399 e. The highest BCUT2D eigenvalue weighted by atomic mass is 32.2. The molecule has 0 amide bonds. The van der Waals surface area contributed by atoms with Crippen LogP contribution in [-0.4, -0.2) is 4.98 Å². The number of nitrogen functional groups attached to an aromatic ring is 1. The summed E-state index contributed by atoms with van der Waals surface area (Å²) in [6, 6.07) is 8.89. The number of hydrogen-bond acceptors (Lipinski definition) is 4. The number of halogens is 1. The van der Waals surface area contributed by atoms with E-state index < -0.39 is 0 Å². The van der Waals surface area contributed by atoms with Crippen molar-refractivity contribution in [2.24, 2.45) is 0 Å². The van der Waals surface area contributed by atoms with Gasteiger partial charge in [0.05, 0.1) is 5.70 Å². The van der Waals surface area contributed by atoms with Crippen molar-refractivity contribution in [3.8, 4) is 0 Å². The van der Waals surface area contributed by atoms with Gasteiger partial charge in [-0.2, -0.15) is 0 Å². The van der Waals surface area contributed by atoms with Crippen LogP contribution in [0, 0.1) is 5.82 Å². The maximum atomic E-state index is 14.0. The van der Waals surface area contributed by atoms with E-state index in [1.807, 2.05) is 17.7 Å². The molecule has 1 aromatic heterocycles. The zero-order valence-corrected chi connectivity index (χ0v) is 13.2. The highest BCUT2D eigenvalue weighted by Gasteiger charge is 2.21. The highest BCUT2D eigenvalue weighted by molar-refractivity contribution is 8.02. The fraction of sp³-hybridized carbons (Fsp3) is 0.235. The molecule has 22 heavy (non-hydrogen) atoms. The molecule has 1 atom stereocenters. The van der Waals surface area contributed by atoms with Crippen LogP contribution < -0.4 is 11.1 Å². The normalized spacial score (nSPS) is 17.2. The Labute approximate surface area is 133 Å². The average Bonchev–Trinajstić information content (AvgIpc) is 2.97. The SMILES string of the molecule is CCCc1cc(C2NC(c3ccc(N)cc3F)=CS2)ccn1. The quantitative estimate of drug-likeness (QED) is 0.834. The molecular weight excluding hydrogens is 297 g/mol. The second kappa shape index (κ2) is 6.40. The van der Waals surface area contributed by atoms with Gasteiger partial charge in [0.2, 0.25) is 0 Å². The van der Waals surface area contributed by atoms with E-state index in [9.17, 15) is 4.39 Å². The molecular formula is C17H18FN3S. The fourth-order valence-corrected chi connectivity index (χ4v) is 3.42. The number of nitrogens with zero attached hydrogens (tertiary/aromatic N) is 1. The van der Waals surface area contributed by atoms with Gasteiger partial charge < -0.3 is 11.1 Å². The molecule has 3 rings (SSSR count). The van der Waals surface area contributed by atoms with E-state index in [4.69, 9.17) is 5.73 Å². The summed E-state index contributed by atoms with van der Waals surface area (Å²) < 4.78 is 14.0. The average molecular weight is 315 g/mol. The number of thioether (sulfide) groups is 1. The summed E-state index contributed by atoms with van der Waals surface area (Å²) >= 11 is 1.64. The number of hydrogen-bond donors (Lipinski definition) is 2. The second-order valence-corrected chi connectivity index (χ2v) is 6.24. The predicted octanol–water partition coefficient (Wildman–Crippen LogP) is 4.09. The van der Waals surface area contributed by atoms with Gasteiger partial charge in [0.25, 0.3) is 0 Å². The molecule has 1 aliphatic heterocycles. The predicted molar refractivity (Wildman–Crippen MR) is 90.5 cm³/mol. The number of nitrogens with two attached hydrogens (primary N) is 1. The molecule has 114 valence electrons. The second-order valence-electron chi connectivity index (χ2n) is 5.26. The number of benzene rings is 1. The zero-order chi connectivity index (χ0) is 15.5. The van der Waals surface area contributed by atoms with Crippen molar-refractivity contribution in [3.63, 3.8) is 0 Å². The first-order valence-electron chi connectivity index (χ1n) is 7.29. The molecule has 0 saturated carbocycles. The van der Waals surface area contributed by atoms with Crippen LogP contribution >= 0.6 is 11.8 Å². The van der Waals surface area contributed by atoms with E-state index >= 15 is 0 Å². The number of aryl methyl sites for hydroxylation is 1. The molecule has 1 unspecified atom stereocenters. The Hall–Kier alpha value is -2.01. The number of nitrogens with one attached hydrogen (secondary N) is 1. The third-order valence-electron chi connectivity index (χ3n) is 3.54. The summed E-state index contributed by atoms with van der Waals surface area (Å²) in [7, 11) is 0. The topological polar surface area (TPSA) is 50.9 Å². The van der Waals surface area contributed by atoms with E-state index in [1.54, 1.807) is 23.9 Å². The van der Waals surface area contributed by atoms with Crippen LogP contribution in [0.4, 0.5) is 10.1 Å². The van der Waals surface area contributed by atoms with Crippen molar-refractivity contribution >= 4 is 23.1 Å². The lowest BCUT2D eigenvalue weighted by Crippen LogP contribution is -2.13. The summed E-state index contributed by atoms with van der Waals surface area (Å²) in [5.41, 5.74) is 9.62. The number of rotatable bonds is 4. The lowest BCUT2D eigenvalue weighted by Gasteiger charge is -2.14. The Balaban J connectivity index is 1.77. The van der Waals surface area contributed by atoms with Crippen molar-refractivity contribution in [3.05, 3.63) is 64.6 Å². The van der Waals surface area contributed by atoms with Gasteiger partial charge in [-0.3, -0.25) is 4.98 Å². The minimum absolute atomic E-state index is 0.0885. The molecule has 0 fully saturated rings. The van der Waals surface area contributed by atoms with Gasteiger partial charge in [-0.25, -0.2) is 4.39 Å². The summed E-state index contributed by atoms with van der Waals surface area (Å²) in [6.07, 6.45) is 3.88. The summed E-state index contributed by atoms with van der Waals surface area (Å²) in [5, 5.41) is 5.41. The smallest absolute Gasteiger partial charge is 0.134 e. The molecule has 0 radical (unpaired) electrons. The first kappa shape index (κ1) is 14.9. The maximum absolute atomic E-state index is 14.0. The van der Waals surface area contributed by atoms with Crippen LogP contribution in [0.2, 0.25) is 0 Å². The van der Waals surface area contributed by atoms with Gasteiger partial charge in [-0.15, -0.1) is 11.8 Å².